The van der Waals surface area contributed by atoms with Crippen molar-refractivity contribution in [3.05, 3.63) is 276 Å². The largest absolute Gasteiger partial charge is 0.117 e. The molecule has 13 aromatic rings. The van der Waals surface area contributed by atoms with E-state index in [4.69, 9.17) is 0 Å². The Hall–Kier alpha value is -8.14. The summed E-state index contributed by atoms with van der Waals surface area (Å²) in [5, 5.41) is 18.6. The zero-order valence-electron chi connectivity index (χ0n) is 40.6. The van der Waals surface area contributed by atoms with Crippen molar-refractivity contribution in [3.8, 4) is 44.5 Å². The van der Waals surface area contributed by atoms with Crippen LogP contribution < -0.4 is 0 Å². The summed E-state index contributed by atoms with van der Waals surface area (Å²) in [6.07, 6.45) is 7.05. The Morgan fingerprint density at radius 2 is 0.554 bits per heavy atom. The lowest BCUT2D eigenvalue weighted by molar-refractivity contribution is 0.990. The molecule has 0 spiro atoms. The second kappa shape index (κ2) is 17.8. The highest BCUT2D eigenvalue weighted by molar-refractivity contribution is 8.08. The van der Waals surface area contributed by atoms with Crippen LogP contribution in [0.5, 0.6) is 0 Å². The predicted octanol–water partition coefficient (Wildman–Crippen LogP) is 21.3. The molecule has 2 atom stereocenters. The van der Waals surface area contributed by atoms with Gasteiger partial charge in [-0.05, 0) is 168 Å². The van der Waals surface area contributed by atoms with E-state index < -0.39 is 0 Å². The normalized spacial score (nSPS) is 15.8. The van der Waals surface area contributed by atoms with Crippen molar-refractivity contribution in [2.75, 3.05) is 0 Å². The molecule has 2 aliphatic rings. The summed E-state index contributed by atoms with van der Waals surface area (Å²) in [5.74, 6) is 0. The molecular weight excluding hydrogens is 929 g/mol. The van der Waals surface area contributed by atoms with Crippen LogP contribution in [0.15, 0.2) is 265 Å². The Bertz CT molecular complexity index is 4440. The van der Waals surface area contributed by atoms with E-state index >= 15 is 0 Å². The van der Waals surface area contributed by atoms with E-state index in [9.17, 15) is 0 Å². The van der Waals surface area contributed by atoms with Crippen LogP contribution in [0.4, 0.5) is 0 Å². The van der Waals surface area contributed by atoms with Crippen molar-refractivity contribution in [1.29, 1.82) is 0 Å². The third kappa shape index (κ3) is 7.30. The fourth-order valence-corrected chi connectivity index (χ4v) is 15.0. The molecule has 0 radical (unpaired) electrons. The highest BCUT2D eigenvalue weighted by Gasteiger charge is 2.29. The van der Waals surface area contributed by atoms with E-state index in [-0.39, 0.29) is 0 Å². The van der Waals surface area contributed by atoms with Gasteiger partial charge in [-0.15, -0.1) is 23.5 Å². The fraction of sp³-hybridized carbons (Fsp3) is 0.0556. The van der Waals surface area contributed by atoms with Crippen LogP contribution in [0, 0.1) is 0 Å². The van der Waals surface area contributed by atoms with Gasteiger partial charge in [0.1, 0.15) is 0 Å². The second-order valence-electron chi connectivity index (χ2n) is 20.1. The van der Waals surface area contributed by atoms with E-state index in [1.165, 1.54) is 141 Å². The third-order valence-corrected chi connectivity index (χ3v) is 18.8. The number of hydrogen-bond acceptors (Lipinski definition) is 2. The van der Waals surface area contributed by atoms with Gasteiger partial charge in [-0.3, -0.25) is 0 Å². The van der Waals surface area contributed by atoms with Gasteiger partial charge in [0, 0.05) is 20.3 Å². The third-order valence-electron chi connectivity index (χ3n) is 15.9. The molecule has 2 unspecified atom stereocenters. The Labute approximate surface area is 439 Å². The Balaban J connectivity index is 0.739. The lowest BCUT2D eigenvalue weighted by atomic mass is 9.84. The molecule has 74 heavy (non-hydrogen) atoms. The van der Waals surface area contributed by atoms with Gasteiger partial charge in [-0.2, -0.15) is 0 Å². The molecule has 348 valence electrons. The molecule has 0 saturated heterocycles. The fourth-order valence-electron chi connectivity index (χ4n) is 12.3. The summed E-state index contributed by atoms with van der Waals surface area (Å²) >= 11 is 4.09. The van der Waals surface area contributed by atoms with Gasteiger partial charge < -0.3 is 0 Å². The summed E-state index contributed by atoms with van der Waals surface area (Å²) in [5.41, 5.74) is 13.0. The predicted molar refractivity (Wildman–Crippen MR) is 323 cm³/mol. The molecule has 2 heteroatoms. The molecule has 0 bridgehead atoms. The molecule has 0 saturated carbocycles. The molecule has 0 nitrogen and oxygen atoms in total. The first-order valence-electron chi connectivity index (χ1n) is 25.9. The van der Waals surface area contributed by atoms with Gasteiger partial charge in [-0.1, -0.05) is 231 Å². The zero-order chi connectivity index (χ0) is 48.7. The lowest BCUT2D eigenvalue weighted by Crippen LogP contribution is -1.94. The van der Waals surface area contributed by atoms with Crippen LogP contribution >= 0.6 is 23.5 Å². The van der Waals surface area contributed by atoms with Crippen molar-refractivity contribution in [2.45, 2.75) is 23.3 Å². The standard InChI is InChI=1S/C72H48S2/c1-4-16-50-41-54(32-25-45(50)13-1)70-59-21-9-7-19-57(59)69(58-20-8-10-22-60(58)70)49-30-28-48(29-31-49)65-37-39-67(73-65)68-40-38-66(74-68)53-35-36-63-64(44-53)72(56-34-27-47-15-3-6-18-52(47)43-56)62-24-12-11-23-61(62)71(63)55-33-26-46-14-2-5-17-51(46)42-55/h1-36,39-44,65-66H,37-38H2. The Morgan fingerprint density at radius 3 is 0.973 bits per heavy atom. The van der Waals surface area contributed by atoms with Crippen LogP contribution in [0.3, 0.4) is 0 Å². The minimum Gasteiger partial charge on any atom is -0.117 e. The summed E-state index contributed by atoms with van der Waals surface area (Å²) in [4.78, 5) is 2.85. The van der Waals surface area contributed by atoms with E-state index in [0.717, 1.165) is 12.8 Å². The molecule has 0 aromatic heterocycles. The number of allylic oxidation sites excluding steroid dienone is 2. The second-order valence-corrected chi connectivity index (χ2v) is 22.6. The van der Waals surface area contributed by atoms with Crippen molar-refractivity contribution in [3.63, 3.8) is 0 Å². The van der Waals surface area contributed by atoms with E-state index in [1.807, 2.05) is 23.5 Å². The van der Waals surface area contributed by atoms with Crippen LogP contribution in [-0.4, -0.2) is 0 Å². The van der Waals surface area contributed by atoms with Crippen LogP contribution in [0.1, 0.15) is 34.5 Å². The van der Waals surface area contributed by atoms with Crippen molar-refractivity contribution < 1.29 is 0 Å². The Morgan fingerprint density at radius 1 is 0.243 bits per heavy atom. The summed E-state index contributed by atoms with van der Waals surface area (Å²) < 4.78 is 0. The van der Waals surface area contributed by atoms with Gasteiger partial charge in [0.2, 0.25) is 0 Å². The van der Waals surface area contributed by atoms with E-state index in [1.54, 1.807) is 0 Å². The first-order valence-corrected chi connectivity index (χ1v) is 27.7. The maximum absolute atomic E-state index is 2.54. The first kappa shape index (κ1) is 43.4. The number of benzene rings is 13. The summed E-state index contributed by atoms with van der Waals surface area (Å²) in [7, 11) is 0. The van der Waals surface area contributed by atoms with Crippen molar-refractivity contribution in [1.82, 2.24) is 0 Å². The van der Waals surface area contributed by atoms with Gasteiger partial charge in [0.05, 0.1) is 0 Å². The molecule has 2 heterocycles. The molecule has 0 amide bonds. The first-order chi connectivity index (χ1) is 36.7. The molecule has 0 fully saturated rings. The van der Waals surface area contributed by atoms with E-state index in [0.29, 0.717) is 10.5 Å². The number of rotatable bonds is 7. The minimum atomic E-state index is 0.339. The van der Waals surface area contributed by atoms with Crippen LogP contribution in [-0.2, 0) is 0 Å². The quantitative estimate of drug-likeness (QED) is 0.146. The summed E-state index contributed by atoms with van der Waals surface area (Å²) in [6.45, 7) is 0. The molecule has 2 aliphatic heterocycles. The molecule has 13 aromatic carbocycles. The summed E-state index contributed by atoms with van der Waals surface area (Å²) in [6, 6.07) is 91.0. The highest BCUT2D eigenvalue weighted by Crippen LogP contribution is 2.56. The van der Waals surface area contributed by atoms with Crippen molar-refractivity contribution >= 4 is 98.9 Å². The molecular formula is C72H48S2. The Kier molecular flexibility index (Phi) is 10.5. The maximum atomic E-state index is 2.54. The molecule has 15 rings (SSSR count). The smallest absolute Gasteiger partial charge is 0.0379 e. The highest BCUT2D eigenvalue weighted by atomic mass is 32.2. The average Bonchev–Trinajstić information content (AvgIpc) is 4.17. The SMILES string of the molecule is C1=C(C2=CCC(c3ccc4c(-c5ccc6ccccc6c5)c5ccccc5c(-c5ccc6ccccc6c5)c4c3)S2)SC(c2ccc(-c3c4ccccc4c(-c4ccc5ccccc5c4)c4ccccc34)cc2)C1. The van der Waals surface area contributed by atoms with Crippen LogP contribution in [0.2, 0.25) is 0 Å². The maximum Gasteiger partial charge on any atom is 0.0379 e. The van der Waals surface area contributed by atoms with Gasteiger partial charge >= 0.3 is 0 Å². The van der Waals surface area contributed by atoms with Gasteiger partial charge in [0.25, 0.3) is 0 Å². The minimum absolute atomic E-state index is 0.339. The number of thioether (sulfide) groups is 2. The van der Waals surface area contributed by atoms with Crippen molar-refractivity contribution in [2.24, 2.45) is 0 Å². The van der Waals surface area contributed by atoms with Gasteiger partial charge in [-0.25, -0.2) is 0 Å². The van der Waals surface area contributed by atoms with Crippen LogP contribution in [0.25, 0.3) is 120 Å². The average molecular weight is 977 g/mol. The zero-order valence-corrected chi connectivity index (χ0v) is 42.3. The number of hydrogen-bond donors (Lipinski definition) is 0. The van der Waals surface area contributed by atoms with Gasteiger partial charge in [0.15, 0.2) is 0 Å². The topological polar surface area (TPSA) is 0 Å². The number of fused-ring (bicyclic) bond motifs is 7. The monoisotopic (exact) mass is 976 g/mol. The lowest BCUT2D eigenvalue weighted by Gasteiger charge is -2.20. The van der Waals surface area contributed by atoms with E-state index in [2.05, 4.69) is 255 Å². The molecule has 0 N–H and O–H groups in total. The molecule has 0 aliphatic carbocycles.